The summed E-state index contributed by atoms with van der Waals surface area (Å²) in [7, 11) is -3.90. The highest BCUT2D eigenvalue weighted by Crippen LogP contribution is 2.42. The molecule has 0 fully saturated rings. The van der Waals surface area contributed by atoms with Crippen LogP contribution in [0.15, 0.2) is 75.4 Å². The number of nitrogens with one attached hydrogen (secondary N) is 2. The Kier molecular flexibility index (Phi) is 4.66. The van der Waals surface area contributed by atoms with Gasteiger partial charge in [0.2, 0.25) is 0 Å². The van der Waals surface area contributed by atoms with Gasteiger partial charge in [-0.25, -0.2) is 18.0 Å². The molecule has 1 atom stereocenters. The van der Waals surface area contributed by atoms with Crippen LogP contribution in [0, 0.1) is 0 Å². The summed E-state index contributed by atoms with van der Waals surface area (Å²) in [6.45, 7) is 1.52. The van der Waals surface area contributed by atoms with Crippen molar-refractivity contribution in [3.05, 3.63) is 71.8 Å². The van der Waals surface area contributed by atoms with Gasteiger partial charge in [0, 0.05) is 5.39 Å². The molecule has 1 unspecified atom stereocenters. The number of ether oxygens (including phenoxy) is 1. The fraction of sp³-hybridized carbons (Fsp3) is 0.182. The topological polar surface area (TPSA) is 118 Å². The zero-order valence-corrected chi connectivity index (χ0v) is 17.8. The summed E-state index contributed by atoms with van der Waals surface area (Å²) in [6, 6.07) is 12.1. The summed E-state index contributed by atoms with van der Waals surface area (Å²) in [5, 5.41) is 6.65. The van der Waals surface area contributed by atoms with Crippen molar-refractivity contribution in [3.8, 4) is 0 Å². The molecule has 3 heterocycles. The lowest BCUT2D eigenvalue weighted by molar-refractivity contribution is -0.139. The van der Waals surface area contributed by atoms with E-state index in [-0.39, 0.29) is 29.3 Å². The van der Waals surface area contributed by atoms with Gasteiger partial charge in [-0.3, -0.25) is 4.31 Å². The predicted molar refractivity (Wildman–Crippen MR) is 115 cm³/mol. The van der Waals surface area contributed by atoms with E-state index in [4.69, 9.17) is 9.15 Å². The number of anilines is 1. The first-order valence-corrected chi connectivity index (χ1v) is 11.4. The molecule has 0 saturated carbocycles. The SMILES string of the molecule is CCOC(=O)C1=C(CN2c3cccc4cccc(c34)S2(=O)=O)NC(=O)NC1c1ccco1. The lowest BCUT2D eigenvalue weighted by Gasteiger charge is -2.30. The van der Waals surface area contributed by atoms with E-state index >= 15 is 0 Å². The van der Waals surface area contributed by atoms with Crippen LogP contribution in [0.3, 0.4) is 0 Å². The average molecular weight is 453 g/mol. The first kappa shape index (κ1) is 20.1. The highest BCUT2D eigenvalue weighted by Gasteiger charge is 2.40. The Labute approximate surface area is 183 Å². The molecular weight excluding hydrogens is 434 g/mol. The minimum absolute atomic E-state index is 0.0831. The summed E-state index contributed by atoms with van der Waals surface area (Å²) >= 11 is 0. The molecule has 0 aliphatic carbocycles. The molecule has 164 valence electrons. The van der Waals surface area contributed by atoms with Gasteiger partial charge in [0.05, 0.1) is 41.3 Å². The quantitative estimate of drug-likeness (QED) is 0.574. The molecule has 0 saturated heterocycles. The molecule has 9 nitrogen and oxygen atoms in total. The Morgan fingerprint density at radius 1 is 1.16 bits per heavy atom. The van der Waals surface area contributed by atoms with Crippen LogP contribution in [0.5, 0.6) is 0 Å². The van der Waals surface area contributed by atoms with Crippen LogP contribution >= 0.6 is 0 Å². The van der Waals surface area contributed by atoms with Gasteiger partial charge in [0.15, 0.2) is 0 Å². The summed E-state index contributed by atoms with van der Waals surface area (Å²) in [5.41, 5.74) is 0.692. The average Bonchev–Trinajstić information content (AvgIpc) is 3.37. The second-order valence-electron chi connectivity index (χ2n) is 7.30. The number of benzene rings is 2. The number of carbonyl (C=O) groups is 2. The minimum Gasteiger partial charge on any atom is -0.467 e. The molecule has 2 aromatic carbocycles. The van der Waals surface area contributed by atoms with Crippen LogP contribution in [0.1, 0.15) is 18.7 Å². The van der Waals surface area contributed by atoms with E-state index in [9.17, 15) is 18.0 Å². The van der Waals surface area contributed by atoms with Gasteiger partial charge in [-0.1, -0.05) is 24.3 Å². The zero-order valence-electron chi connectivity index (χ0n) is 17.0. The molecule has 2 aliphatic heterocycles. The lowest BCUT2D eigenvalue weighted by atomic mass is 10.00. The Morgan fingerprint density at radius 2 is 1.94 bits per heavy atom. The molecule has 0 radical (unpaired) electrons. The number of hydrogen-bond donors (Lipinski definition) is 2. The van der Waals surface area contributed by atoms with Crippen molar-refractivity contribution in [2.45, 2.75) is 17.9 Å². The smallest absolute Gasteiger partial charge is 0.338 e. The van der Waals surface area contributed by atoms with Crippen molar-refractivity contribution in [1.82, 2.24) is 10.6 Å². The van der Waals surface area contributed by atoms with Crippen LogP contribution in [0.2, 0.25) is 0 Å². The number of rotatable bonds is 5. The van der Waals surface area contributed by atoms with Gasteiger partial charge in [-0.2, -0.15) is 0 Å². The van der Waals surface area contributed by atoms with Crippen LogP contribution in [-0.2, 0) is 19.6 Å². The molecule has 2 aliphatic rings. The number of urea groups is 1. The van der Waals surface area contributed by atoms with Crippen molar-refractivity contribution < 1.29 is 27.2 Å². The highest BCUT2D eigenvalue weighted by molar-refractivity contribution is 7.93. The third-order valence-electron chi connectivity index (χ3n) is 5.46. The van der Waals surface area contributed by atoms with E-state index in [2.05, 4.69) is 10.6 Å². The normalized spacial score (nSPS) is 19.1. The molecular formula is C22H19N3O6S. The van der Waals surface area contributed by atoms with Crippen molar-refractivity contribution in [2.24, 2.45) is 0 Å². The van der Waals surface area contributed by atoms with Crippen molar-refractivity contribution >= 4 is 38.5 Å². The van der Waals surface area contributed by atoms with Gasteiger partial charge in [-0.05, 0) is 36.6 Å². The molecule has 0 bridgehead atoms. The second kappa shape index (κ2) is 7.41. The molecule has 32 heavy (non-hydrogen) atoms. The van der Waals surface area contributed by atoms with E-state index in [0.29, 0.717) is 16.8 Å². The summed E-state index contributed by atoms with van der Waals surface area (Å²) in [5.74, 6) is -0.348. The van der Waals surface area contributed by atoms with Crippen LogP contribution in [0.25, 0.3) is 10.8 Å². The number of carbonyl (C=O) groups excluding carboxylic acids is 2. The van der Waals surface area contributed by atoms with Gasteiger partial charge in [-0.15, -0.1) is 0 Å². The zero-order chi connectivity index (χ0) is 22.5. The van der Waals surface area contributed by atoms with E-state index in [1.165, 1.54) is 10.6 Å². The number of amides is 2. The first-order chi connectivity index (χ1) is 15.4. The molecule has 2 N–H and O–H groups in total. The summed E-state index contributed by atoms with van der Waals surface area (Å²) in [4.78, 5) is 25.5. The maximum atomic E-state index is 13.4. The van der Waals surface area contributed by atoms with Crippen molar-refractivity contribution in [2.75, 3.05) is 17.5 Å². The first-order valence-electron chi connectivity index (χ1n) is 9.97. The number of sulfonamides is 1. The molecule has 10 heteroatoms. The Bertz CT molecular complexity index is 1370. The van der Waals surface area contributed by atoms with E-state index < -0.39 is 28.1 Å². The monoisotopic (exact) mass is 453 g/mol. The summed E-state index contributed by atoms with van der Waals surface area (Å²) < 4.78 is 38.6. The molecule has 3 aromatic rings. The van der Waals surface area contributed by atoms with E-state index in [0.717, 1.165) is 5.39 Å². The Hall–Kier alpha value is -3.79. The second-order valence-corrected chi connectivity index (χ2v) is 9.13. The fourth-order valence-corrected chi connectivity index (χ4v) is 5.81. The molecule has 0 spiro atoms. The van der Waals surface area contributed by atoms with Crippen LogP contribution in [-0.4, -0.2) is 33.6 Å². The third kappa shape index (κ3) is 3.02. The van der Waals surface area contributed by atoms with Gasteiger partial charge in [0.25, 0.3) is 10.0 Å². The largest absolute Gasteiger partial charge is 0.467 e. The van der Waals surface area contributed by atoms with E-state index in [1.54, 1.807) is 43.3 Å². The maximum absolute atomic E-state index is 13.4. The Balaban J connectivity index is 1.65. The molecule has 2 amide bonds. The van der Waals surface area contributed by atoms with Crippen LogP contribution in [0.4, 0.5) is 10.5 Å². The minimum atomic E-state index is -3.90. The third-order valence-corrected chi connectivity index (χ3v) is 7.26. The van der Waals surface area contributed by atoms with Gasteiger partial charge >= 0.3 is 12.0 Å². The molecule has 5 rings (SSSR count). The van der Waals surface area contributed by atoms with Crippen molar-refractivity contribution in [1.29, 1.82) is 0 Å². The standard InChI is InChI=1S/C22H19N3O6S/c1-2-30-21(26)19-14(23-22(27)24-20(19)16-9-5-11-31-16)12-25-15-8-3-6-13-7-4-10-17(18(13)15)32(25,28)29/h3-11,20H,2,12H2,1H3,(H2,23,24,27). The van der Waals surface area contributed by atoms with Crippen molar-refractivity contribution in [3.63, 3.8) is 0 Å². The molecule has 1 aromatic heterocycles. The number of nitrogens with zero attached hydrogens (tertiary/aromatic N) is 1. The number of furan rings is 1. The number of esters is 1. The van der Waals surface area contributed by atoms with Crippen LogP contribution < -0.4 is 14.9 Å². The summed E-state index contributed by atoms with van der Waals surface area (Å²) in [6.07, 6.45) is 1.42. The van der Waals surface area contributed by atoms with Gasteiger partial charge < -0.3 is 19.8 Å². The fourth-order valence-electron chi connectivity index (χ4n) is 4.13. The van der Waals surface area contributed by atoms with Gasteiger partial charge in [0.1, 0.15) is 11.8 Å². The lowest BCUT2D eigenvalue weighted by Crippen LogP contribution is -2.48. The predicted octanol–water partition coefficient (Wildman–Crippen LogP) is 2.81. The van der Waals surface area contributed by atoms with E-state index in [1.807, 2.05) is 12.1 Å². The maximum Gasteiger partial charge on any atom is 0.338 e. The Morgan fingerprint density at radius 3 is 2.66 bits per heavy atom. The highest BCUT2D eigenvalue weighted by atomic mass is 32.2. The number of hydrogen-bond acceptors (Lipinski definition) is 6.